The van der Waals surface area contributed by atoms with Crippen LogP contribution in [0.1, 0.15) is 10.6 Å². The summed E-state index contributed by atoms with van der Waals surface area (Å²) in [5.74, 6) is -0.340. The molecule has 2 aromatic rings. The second-order valence-electron chi connectivity index (χ2n) is 3.88. The van der Waals surface area contributed by atoms with Gasteiger partial charge in [0.1, 0.15) is 5.76 Å². The van der Waals surface area contributed by atoms with Crippen LogP contribution in [0.2, 0.25) is 0 Å². The number of hydrogen-bond acceptors (Lipinski definition) is 7. The molecule has 9 nitrogen and oxygen atoms in total. The molecular weight excluding hydrogens is 284 g/mol. The molecule has 1 aromatic carbocycles. The zero-order chi connectivity index (χ0) is 15.6. The minimum Gasteiger partial charge on any atom is -0.485 e. The van der Waals surface area contributed by atoms with E-state index >= 15 is 0 Å². The van der Waals surface area contributed by atoms with E-state index in [9.17, 15) is 25.0 Å². The molecule has 0 saturated carbocycles. The number of nitro benzene ring substituents is 2. The zero-order valence-electron chi connectivity index (χ0n) is 10.6. The first-order chi connectivity index (χ1) is 9.97. The fraction of sp³-hybridized carbons (Fsp3) is 0.0833. The number of nitrogens with zero attached hydrogens (tertiary/aromatic N) is 2. The number of carbonyl (C=O) groups excluding carboxylic acids is 1. The van der Waals surface area contributed by atoms with Gasteiger partial charge in [0, 0.05) is 17.7 Å². The van der Waals surface area contributed by atoms with Crippen molar-refractivity contribution in [2.45, 2.75) is 0 Å². The van der Waals surface area contributed by atoms with Crippen LogP contribution >= 0.6 is 0 Å². The number of furan rings is 1. The van der Waals surface area contributed by atoms with Gasteiger partial charge >= 0.3 is 11.4 Å². The van der Waals surface area contributed by atoms with Crippen molar-refractivity contribution >= 4 is 17.7 Å². The lowest BCUT2D eigenvalue weighted by Crippen LogP contribution is -1.99. The van der Waals surface area contributed by atoms with Crippen LogP contribution in [0, 0.1) is 20.2 Å². The highest BCUT2D eigenvalue weighted by Crippen LogP contribution is 2.40. The first kappa shape index (κ1) is 14.2. The van der Waals surface area contributed by atoms with Crippen molar-refractivity contribution in [1.82, 2.24) is 0 Å². The van der Waals surface area contributed by atoms with E-state index in [-0.39, 0.29) is 17.1 Å². The van der Waals surface area contributed by atoms with Crippen molar-refractivity contribution in [2.75, 3.05) is 7.11 Å². The predicted octanol–water partition coefficient (Wildman–Crippen LogP) is 2.58. The summed E-state index contributed by atoms with van der Waals surface area (Å²) in [7, 11) is 1.10. The average Bonchev–Trinajstić information content (AvgIpc) is 2.94. The second-order valence-corrected chi connectivity index (χ2v) is 3.88. The van der Waals surface area contributed by atoms with Crippen molar-refractivity contribution in [3.05, 3.63) is 50.3 Å². The first-order valence-electron chi connectivity index (χ1n) is 5.54. The highest BCUT2D eigenvalue weighted by molar-refractivity contribution is 5.76. The van der Waals surface area contributed by atoms with Gasteiger partial charge in [-0.05, 0) is 12.1 Å². The quantitative estimate of drug-likeness (QED) is 0.470. The molecule has 0 saturated heterocycles. The summed E-state index contributed by atoms with van der Waals surface area (Å²) in [5.41, 5.74) is -1.03. The highest BCUT2D eigenvalue weighted by Gasteiger charge is 2.28. The molecule has 0 radical (unpaired) electrons. The Morgan fingerprint density at radius 2 is 1.71 bits per heavy atom. The zero-order valence-corrected chi connectivity index (χ0v) is 10.6. The monoisotopic (exact) mass is 292 g/mol. The summed E-state index contributed by atoms with van der Waals surface area (Å²) in [5, 5.41) is 22.0. The van der Waals surface area contributed by atoms with E-state index in [0.29, 0.717) is 6.29 Å². The van der Waals surface area contributed by atoms with Crippen LogP contribution in [-0.4, -0.2) is 23.2 Å². The van der Waals surface area contributed by atoms with Crippen LogP contribution in [0.25, 0.3) is 11.3 Å². The van der Waals surface area contributed by atoms with Gasteiger partial charge in [0.15, 0.2) is 12.0 Å². The molecular formula is C12H8N2O7. The van der Waals surface area contributed by atoms with Gasteiger partial charge in [-0.1, -0.05) is 0 Å². The first-order valence-corrected chi connectivity index (χ1v) is 5.54. The third kappa shape index (κ3) is 2.56. The maximum absolute atomic E-state index is 11.0. The Bertz CT molecular complexity index is 700. The van der Waals surface area contributed by atoms with E-state index in [1.807, 2.05) is 0 Å². The largest absolute Gasteiger partial charge is 0.485 e. The number of aldehydes is 1. The topological polar surface area (TPSA) is 126 Å². The molecule has 21 heavy (non-hydrogen) atoms. The molecule has 0 aliphatic heterocycles. The van der Waals surface area contributed by atoms with Gasteiger partial charge < -0.3 is 9.15 Å². The number of methoxy groups -OCH3 is 1. The molecule has 0 aliphatic carbocycles. The third-order valence-electron chi connectivity index (χ3n) is 2.67. The van der Waals surface area contributed by atoms with Crippen LogP contribution in [-0.2, 0) is 0 Å². The summed E-state index contributed by atoms with van der Waals surface area (Å²) in [6.07, 6.45) is 0.454. The number of benzene rings is 1. The molecule has 0 spiro atoms. The van der Waals surface area contributed by atoms with Gasteiger partial charge in [-0.15, -0.1) is 0 Å². The average molecular weight is 292 g/mol. The Morgan fingerprint density at radius 1 is 1.14 bits per heavy atom. The Kier molecular flexibility index (Phi) is 3.65. The molecule has 2 rings (SSSR count). The lowest BCUT2D eigenvalue weighted by atomic mass is 10.1. The number of ether oxygens (including phenoxy) is 1. The van der Waals surface area contributed by atoms with Crippen LogP contribution in [0.4, 0.5) is 11.4 Å². The van der Waals surface area contributed by atoms with Crippen molar-refractivity contribution in [1.29, 1.82) is 0 Å². The fourth-order valence-corrected chi connectivity index (χ4v) is 1.79. The maximum atomic E-state index is 11.0. The van der Waals surface area contributed by atoms with Gasteiger partial charge in [-0.2, -0.15) is 0 Å². The van der Waals surface area contributed by atoms with Crippen molar-refractivity contribution in [3.63, 3.8) is 0 Å². The van der Waals surface area contributed by atoms with E-state index in [2.05, 4.69) is 0 Å². The number of nitro groups is 2. The van der Waals surface area contributed by atoms with Gasteiger partial charge in [0.25, 0.3) is 5.75 Å². The van der Waals surface area contributed by atoms with E-state index in [0.717, 1.165) is 19.2 Å². The Labute approximate surface area is 117 Å². The lowest BCUT2D eigenvalue weighted by Gasteiger charge is -2.04. The van der Waals surface area contributed by atoms with E-state index in [1.165, 1.54) is 12.1 Å². The second kappa shape index (κ2) is 5.41. The fourth-order valence-electron chi connectivity index (χ4n) is 1.79. The number of carbonyl (C=O) groups is 1. The van der Waals surface area contributed by atoms with Crippen molar-refractivity contribution in [3.8, 4) is 17.1 Å². The Morgan fingerprint density at radius 3 is 2.10 bits per heavy atom. The molecule has 0 fully saturated rings. The van der Waals surface area contributed by atoms with Gasteiger partial charge in [-0.25, -0.2) is 0 Å². The van der Waals surface area contributed by atoms with Crippen LogP contribution in [0.15, 0.2) is 28.7 Å². The van der Waals surface area contributed by atoms with E-state index in [1.54, 1.807) is 0 Å². The van der Waals surface area contributed by atoms with E-state index < -0.39 is 27.0 Å². The summed E-state index contributed by atoms with van der Waals surface area (Å²) < 4.78 is 9.85. The summed E-state index contributed by atoms with van der Waals surface area (Å²) in [6, 6.07) is 4.90. The normalized spacial score (nSPS) is 10.1. The van der Waals surface area contributed by atoms with Gasteiger partial charge in [0.05, 0.1) is 17.0 Å². The minimum atomic E-state index is -0.793. The van der Waals surface area contributed by atoms with Crippen LogP contribution in [0.3, 0.4) is 0 Å². The Hall–Kier alpha value is -3.23. The molecule has 0 unspecified atom stereocenters. The molecule has 0 bridgehead atoms. The predicted molar refractivity (Wildman–Crippen MR) is 69.4 cm³/mol. The molecule has 0 aliphatic rings. The maximum Gasteiger partial charge on any atom is 0.319 e. The Balaban J connectivity index is 2.70. The summed E-state index contributed by atoms with van der Waals surface area (Å²) in [6.45, 7) is 0. The van der Waals surface area contributed by atoms with E-state index in [4.69, 9.17) is 9.15 Å². The lowest BCUT2D eigenvalue weighted by molar-refractivity contribution is -0.395. The third-order valence-corrected chi connectivity index (χ3v) is 2.67. The molecule has 0 atom stereocenters. The summed E-state index contributed by atoms with van der Waals surface area (Å²) >= 11 is 0. The smallest absolute Gasteiger partial charge is 0.319 e. The van der Waals surface area contributed by atoms with Crippen molar-refractivity contribution < 1.29 is 23.8 Å². The van der Waals surface area contributed by atoms with Gasteiger partial charge in [0.2, 0.25) is 0 Å². The molecule has 0 N–H and O–H groups in total. The SMILES string of the molecule is COc1c([N+](=O)[O-])cc(-c2ccc(C=O)o2)cc1[N+](=O)[O-]. The molecule has 1 aromatic heterocycles. The number of hydrogen-bond donors (Lipinski definition) is 0. The molecule has 9 heteroatoms. The van der Waals surface area contributed by atoms with Crippen LogP contribution < -0.4 is 4.74 Å². The van der Waals surface area contributed by atoms with Crippen LogP contribution in [0.5, 0.6) is 5.75 Å². The molecule has 1 heterocycles. The minimum absolute atomic E-state index is 0.00567. The molecule has 108 valence electrons. The van der Waals surface area contributed by atoms with Gasteiger partial charge in [-0.3, -0.25) is 25.0 Å². The standard InChI is InChI=1S/C12H8N2O7/c1-20-12-9(13(16)17)4-7(5-10(12)14(18)19)11-3-2-8(6-15)21-11/h2-6H,1H3. The number of rotatable bonds is 5. The van der Waals surface area contributed by atoms with Crippen molar-refractivity contribution in [2.24, 2.45) is 0 Å². The molecule has 0 amide bonds. The highest BCUT2D eigenvalue weighted by atomic mass is 16.6. The summed E-state index contributed by atoms with van der Waals surface area (Å²) in [4.78, 5) is 31.0.